The van der Waals surface area contributed by atoms with E-state index in [-0.39, 0.29) is 37.7 Å². The number of likely N-dealkylation sites (tertiary alicyclic amines) is 1. The number of fused-ring (bicyclic) bond motifs is 1. The van der Waals surface area contributed by atoms with Gasteiger partial charge in [-0.15, -0.1) is 0 Å². The van der Waals surface area contributed by atoms with E-state index in [0.29, 0.717) is 55.0 Å². The molecule has 288 valence electrons. The molecule has 10 nitrogen and oxygen atoms in total. The van der Waals surface area contributed by atoms with Crippen molar-refractivity contribution >= 4 is 26.0 Å². The Morgan fingerprint density at radius 1 is 0.849 bits per heavy atom. The Balaban J connectivity index is 1.50. The lowest BCUT2D eigenvalue weighted by atomic mass is 9.84. The predicted molar refractivity (Wildman–Crippen MR) is 209 cm³/mol. The maximum atomic E-state index is 13.9. The predicted octanol–water partition coefficient (Wildman–Crippen LogP) is 8.34. The van der Waals surface area contributed by atoms with Crippen LogP contribution in [0.4, 0.5) is 10.5 Å². The van der Waals surface area contributed by atoms with E-state index in [0.717, 1.165) is 28.1 Å². The first-order valence-corrected chi connectivity index (χ1v) is 21.1. The molecule has 0 bridgehead atoms. The molecular weight excluding hydrogens is 689 g/mol. The highest BCUT2D eigenvalue weighted by Crippen LogP contribution is 2.46. The molecule has 2 amide bonds. The van der Waals surface area contributed by atoms with Crippen LogP contribution < -0.4 is 14.4 Å². The molecule has 0 N–H and O–H groups in total. The van der Waals surface area contributed by atoms with Gasteiger partial charge in [-0.05, 0) is 64.0 Å². The molecule has 0 unspecified atom stereocenters. The summed E-state index contributed by atoms with van der Waals surface area (Å²) in [6, 6.07) is 23.7. The molecule has 53 heavy (non-hydrogen) atoms. The average Bonchev–Trinajstić information content (AvgIpc) is 3.15. The van der Waals surface area contributed by atoms with Crippen LogP contribution in [0.15, 0.2) is 72.8 Å². The monoisotopic (exact) mass is 746 g/mol. The zero-order valence-electron chi connectivity index (χ0n) is 32.7. The summed E-state index contributed by atoms with van der Waals surface area (Å²) in [6.07, 6.45) is -0.474. The van der Waals surface area contributed by atoms with Crippen molar-refractivity contribution in [3.8, 4) is 11.5 Å². The molecule has 2 heterocycles. The second-order valence-electron chi connectivity index (χ2n) is 15.1. The molecule has 3 atom stereocenters. The Morgan fingerprint density at radius 3 is 2.17 bits per heavy atom. The van der Waals surface area contributed by atoms with E-state index in [9.17, 15) is 9.59 Å². The van der Waals surface area contributed by atoms with Crippen LogP contribution >= 0.6 is 0 Å². The fourth-order valence-electron chi connectivity index (χ4n) is 8.28. The van der Waals surface area contributed by atoms with Gasteiger partial charge >= 0.3 is 6.09 Å². The van der Waals surface area contributed by atoms with Gasteiger partial charge in [0, 0.05) is 32.7 Å². The zero-order valence-corrected chi connectivity index (χ0v) is 33.7. The van der Waals surface area contributed by atoms with Gasteiger partial charge in [-0.1, -0.05) is 90.1 Å². The van der Waals surface area contributed by atoms with Crippen LogP contribution in [0.3, 0.4) is 0 Å². The van der Waals surface area contributed by atoms with Crippen molar-refractivity contribution < 1.29 is 37.7 Å². The molecule has 0 aromatic heterocycles. The van der Waals surface area contributed by atoms with Gasteiger partial charge in [0.05, 0.1) is 38.2 Å². The molecule has 2 aliphatic heterocycles. The van der Waals surface area contributed by atoms with Gasteiger partial charge in [0.15, 0.2) is 6.61 Å². The van der Waals surface area contributed by atoms with Crippen LogP contribution in [0.1, 0.15) is 70.6 Å². The standard InChI is InChI=1S/C42H58N2O8Si/c1-29(2)53(30(3)4,31(5)6)52-39-25-43(42(46)51-26-32-13-10-9-11-14-32)24-38(41(39)34-16-18-35(48-8)19-17-34)49-27-33-15-20-37-36(23-33)44(21-12-22-47-7)40(45)28-50-37/h9-11,13-20,23,29-31,38-39,41H,12,21-22,24-28H2,1-8H3/t38-,39+,41+/m0/s1. The van der Waals surface area contributed by atoms with Crippen LogP contribution in [-0.2, 0) is 36.6 Å². The largest absolute Gasteiger partial charge is 0.497 e. The lowest BCUT2D eigenvalue weighted by molar-refractivity contribution is -0.121. The lowest BCUT2D eigenvalue weighted by Gasteiger charge is -2.50. The number of rotatable bonds is 16. The fourth-order valence-corrected chi connectivity index (χ4v) is 13.8. The number of anilines is 1. The molecule has 1 fully saturated rings. The number of benzene rings is 3. The Bertz CT molecular complexity index is 1610. The van der Waals surface area contributed by atoms with E-state index in [1.807, 2.05) is 60.7 Å². The Morgan fingerprint density at radius 2 is 1.53 bits per heavy atom. The van der Waals surface area contributed by atoms with Crippen molar-refractivity contribution in [2.75, 3.05) is 52.0 Å². The molecule has 0 spiro atoms. The Labute approximate surface area is 316 Å². The molecule has 0 saturated carbocycles. The van der Waals surface area contributed by atoms with Crippen LogP contribution in [0.2, 0.25) is 16.6 Å². The number of hydrogen-bond donors (Lipinski definition) is 0. The summed E-state index contributed by atoms with van der Waals surface area (Å²) in [5.41, 5.74) is 4.62. The van der Waals surface area contributed by atoms with Crippen LogP contribution in [0, 0.1) is 0 Å². The molecule has 3 aromatic carbocycles. The quantitative estimate of drug-likeness (QED) is 0.107. The van der Waals surface area contributed by atoms with Crippen molar-refractivity contribution in [3.63, 3.8) is 0 Å². The van der Waals surface area contributed by atoms with E-state index >= 15 is 0 Å². The molecule has 1 saturated heterocycles. The van der Waals surface area contributed by atoms with E-state index < -0.39 is 20.5 Å². The molecule has 3 aromatic rings. The normalized spacial score (nSPS) is 19.1. The van der Waals surface area contributed by atoms with Crippen LogP contribution in [-0.4, -0.2) is 84.5 Å². The maximum absolute atomic E-state index is 13.9. The number of nitrogens with zero attached hydrogens (tertiary/aromatic N) is 2. The maximum Gasteiger partial charge on any atom is 0.410 e. The molecule has 11 heteroatoms. The van der Waals surface area contributed by atoms with Gasteiger partial charge in [0.2, 0.25) is 8.32 Å². The zero-order chi connectivity index (χ0) is 38.1. The average molecular weight is 747 g/mol. The number of ether oxygens (including phenoxy) is 5. The molecule has 5 rings (SSSR count). The van der Waals surface area contributed by atoms with Gasteiger partial charge in [0.1, 0.15) is 18.1 Å². The highest BCUT2D eigenvalue weighted by atomic mass is 28.4. The SMILES string of the molecule is COCCCN1C(=O)COc2ccc(CO[C@H]3CN(C(=O)OCc4ccccc4)C[C@@H](O[Si](C(C)C)(C(C)C)C(C)C)[C@@H]3c3ccc(OC)cc3)cc21. The van der Waals surface area contributed by atoms with Crippen molar-refractivity contribution in [3.05, 3.63) is 89.5 Å². The fraction of sp³-hybridized carbons (Fsp3) is 0.524. The van der Waals surface area contributed by atoms with Gasteiger partial charge in [-0.2, -0.15) is 0 Å². The van der Waals surface area contributed by atoms with E-state index in [2.05, 4.69) is 53.7 Å². The van der Waals surface area contributed by atoms with Crippen molar-refractivity contribution in [2.24, 2.45) is 0 Å². The Hall–Kier alpha value is -3.90. The summed E-state index contributed by atoms with van der Waals surface area (Å²) in [7, 11) is 0.897. The van der Waals surface area contributed by atoms with E-state index in [4.69, 9.17) is 28.1 Å². The summed E-state index contributed by atoms with van der Waals surface area (Å²) < 4.78 is 36.9. The number of hydrogen-bond acceptors (Lipinski definition) is 8. The molecule has 2 aliphatic rings. The highest BCUT2D eigenvalue weighted by Gasteiger charge is 2.51. The molecule has 0 aliphatic carbocycles. The van der Waals surface area contributed by atoms with Crippen molar-refractivity contribution in [1.82, 2.24) is 4.90 Å². The summed E-state index contributed by atoms with van der Waals surface area (Å²) in [5, 5.41) is 0. The first-order chi connectivity index (χ1) is 25.5. The van der Waals surface area contributed by atoms with Crippen molar-refractivity contribution in [2.45, 2.75) is 95.9 Å². The highest BCUT2D eigenvalue weighted by molar-refractivity contribution is 6.77. The Kier molecular flexibility index (Phi) is 14.0. The topological polar surface area (TPSA) is 96.0 Å². The number of methoxy groups -OCH3 is 2. The number of piperidine rings is 1. The van der Waals surface area contributed by atoms with Gasteiger partial charge in [-0.25, -0.2) is 4.79 Å². The second-order valence-corrected chi connectivity index (χ2v) is 20.5. The third kappa shape index (κ3) is 9.43. The number of carbonyl (C=O) groups excluding carboxylic acids is 2. The number of carbonyl (C=O) groups is 2. The number of amides is 2. The van der Waals surface area contributed by atoms with Crippen LogP contribution in [0.25, 0.3) is 0 Å². The minimum atomic E-state index is -2.42. The second kappa shape index (κ2) is 18.4. The summed E-state index contributed by atoms with van der Waals surface area (Å²) >= 11 is 0. The van der Waals surface area contributed by atoms with E-state index in [1.165, 1.54) is 0 Å². The summed E-state index contributed by atoms with van der Waals surface area (Å²) in [4.78, 5) is 30.3. The first-order valence-electron chi connectivity index (χ1n) is 18.9. The summed E-state index contributed by atoms with van der Waals surface area (Å²) in [6.45, 7) is 15.9. The van der Waals surface area contributed by atoms with Crippen molar-refractivity contribution in [1.29, 1.82) is 0 Å². The van der Waals surface area contributed by atoms with E-state index in [1.54, 1.807) is 24.0 Å². The minimum absolute atomic E-state index is 0.00692. The third-order valence-corrected chi connectivity index (χ3v) is 16.9. The first kappa shape index (κ1) is 40.3. The van der Waals surface area contributed by atoms with Gasteiger partial charge < -0.3 is 37.9 Å². The summed E-state index contributed by atoms with van der Waals surface area (Å²) in [5.74, 6) is 1.16. The van der Waals surface area contributed by atoms with Gasteiger partial charge in [-0.3, -0.25) is 4.79 Å². The smallest absolute Gasteiger partial charge is 0.410 e. The minimum Gasteiger partial charge on any atom is -0.497 e. The molecule has 0 radical (unpaired) electrons. The third-order valence-electron chi connectivity index (χ3n) is 10.8. The molecular formula is C42H58N2O8Si. The van der Waals surface area contributed by atoms with Gasteiger partial charge in [0.25, 0.3) is 5.91 Å². The van der Waals surface area contributed by atoms with Crippen LogP contribution in [0.5, 0.6) is 11.5 Å². The lowest BCUT2D eigenvalue weighted by Crippen LogP contribution is -2.59.